The summed E-state index contributed by atoms with van der Waals surface area (Å²) in [5.41, 5.74) is 1.67. The maximum atomic E-state index is 11.4. The van der Waals surface area contributed by atoms with Gasteiger partial charge in [-0.25, -0.2) is 9.78 Å². The lowest BCUT2D eigenvalue weighted by Crippen LogP contribution is -2.02. The highest BCUT2D eigenvalue weighted by molar-refractivity contribution is 6.03. The van der Waals surface area contributed by atoms with Crippen molar-refractivity contribution in [1.29, 1.82) is 0 Å². The van der Waals surface area contributed by atoms with Crippen molar-refractivity contribution < 1.29 is 14.6 Å². The average molecular weight is 294 g/mol. The summed E-state index contributed by atoms with van der Waals surface area (Å²) >= 11 is 0. The van der Waals surface area contributed by atoms with Gasteiger partial charge >= 0.3 is 5.97 Å². The molecule has 0 atom stereocenters. The fourth-order valence-electron chi connectivity index (χ4n) is 2.24. The first kappa shape index (κ1) is 13.9. The number of methoxy groups -OCH3 is 1. The third-order valence-electron chi connectivity index (χ3n) is 3.31. The lowest BCUT2D eigenvalue weighted by Gasteiger charge is -2.09. The van der Waals surface area contributed by atoms with E-state index in [1.165, 1.54) is 6.07 Å². The Morgan fingerprint density at radius 3 is 2.55 bits per heavy atom. The Balaban J connectivity index is 2.01. The lowest BCUT2D eigenvalue weighted by molar-refractivity contribution is 0.0699. The third kappa shape index (κ3) is 2.69. The molecule has 0 aliphatic carbocycles. The minimum atomic E-state index is -0.976. The minimum absolute atomic E-state index is 0.224. The Labute approximate surface area is 127 Å². The number of nitrogens with zero attached hydrogens (tertiary/aromatic N) is 1. The topological polar surface area (TPSA) is 71.5 Å². The van der Waals surface area contributed by atoms with Gasteiger partial charge in [-0.05, 0) is 36.4 Å². The first-order chi connectivity index (χ1) is 10.7. The number of nitrogens with one attached hydrogen (secondary N) is 1. The number of benzene rings is 2. The Morgan fingerprint density at radius 1 is 1.14 bits per heavy atom. The fraction of sp³-hybridized carbons (Fsp3) is 0.0588. The Morgan fingerprint density at radius 2 is 1.86 bits per heavy atom. The molecule has 0 spiro atoms. The predicted octanol–water partition coefficient (Wildman–Crippen LogP) is 3.69. The lowest BCUT2D eigenvalue weighted by atomic mass is 10.1. The van der Waals surface area contributed by atoms with E-state index in [4.69, 9.17) is 4.74 Å². The molecule has 0 amide bonds. The highest BCUT2D eigenvalue weighted by atomic mass is 16.5. The number of hydrogen-bond donors (Lipinski definition) is 2. The number of ether oxygens (including phenoxy) is 1. The van der Waals surface area contributed by atoms with Crippen molar-refractivity contribution in [3.05, 3.63) is 60.2 Å². The number of fused-ring (bicyclic) bond motifs is 1. The van der Waals surface area contributed by atoms with Gasteiger partial charge in [0.2, 0.25) is 0 Å². The van der Waals surface area contributed by atoms with Crippen LogP contribution in [0.5, 0.6) is 5.75 Å². The van der Waals surface area contributed by atoms with Gasteiger partial charge in [0.25, 0.3) is 0 Å². The fourth-order valence-corrected chi connectivity index (χ4v) is 2.24. The summed E-state index contributed by atoms with van der Waals surface area (Å²) < 4.78 is 5.11. The highest BCUT2D eigenvalue weighted by Crippen LogP contribution is 2.24. The molecule has 3 rings (SSSR count). The van der Waals surface area contributed by atoms with Crippen LogP contribution in [-0.2, 0) is 0 Å². The third-order valence-corrected chi connectivity index (χ3v) is 3.31. The van der Waals surface area contributed by atoms with E-state index in [1.807, 2.05) is 30.3 Å². The molecule has 0 aliphatic rings. The van der Waals surface area contributed by atoms with E-state index in [0.717, 1.165) is 11.4 Å². The first-order valence-electron chi connectivity index (χ1n) is 6.71. The zero-order valence-corrected chi connectivity index (χ0v) is 11.9. The molecule has 0 fully saturated rings. The van der Waals surface area contributed by atoms with Crippen LogP contribution in [0.25, 0.3) is 10.9 Å². The summed E-state index contributed by atoms with van der Waals surface area (Å²) in [5.74, 6) is 0.265. The molecule has 3 aromatic rings. The highest BCUT2D eigenvalue weighted by Gasteiger charge is 2.11. The quantitative estimate of drug-likeness (QED) is 0.768. The molecule has 5 heteroatoms. The van der Waals surface area contributed by atoms with Gasteiger partial charge in [0.1, 0.15) is 11.6 Å². The number of carboxylic acids is 1. The summed E-state index contributed by atoms with van der Waals surface area (Å²) in [4.78, 5) is 15.9. The van der Waals surface area contributed by atoms with Gasteiger partial charge in [-0.3, -0.25) is 0 Å². The number of hydrogen-bond acceptors (Lipinski definition) is 4. The molecule has 0 radical (unpaired) electrons. The second-order valence-electron chi connectivity index (χ2n) is 4.73. The smallest absolute Gasteiger partial charge is 0.336 e. The number of carboxylic acid groups (broad SMARTS) is 1. The monoisotopic (exact) mass is 294 g/mol. The van der Waals surface area contributed by atoms with Crippen LogP contribution in [0, 0.1) is 0 Å². The molecule has 0 saturated heterocycles. The molecule has 1 aromatic heterocycles. The summed E-state index contributed by atoms with van der Waals surface area (Å²) in [6, 6.07) is 16.0. The number of aromatic carboxylic acids is 1. The number of rotatable bonds is 4. The van der Waals surface area contributed by atoms with Gasteiger partial charge in [0, 0.05) is 11.1 Å². The average Bonchev–Trinajstić information content (AvgIpc) is 2.54. The number of aromatic nitrogens is 1. The van der Waals surface area contributed by atoms with Crippen molar-refractivity contribution in [1.82, 2.24) is 4.98 Å². The number of pyridine rings is 1. The van der Waals surface area contributed by atoms with E-state index < -0.39 is 5.97 Å². The van der Waals surface area contributed by atoms with Gasteiger partial charge in [-0.1, -0.05) is 18.2 Å². The van der Waals surface area contributed by atoms with Crippen LogP contribution >= 0.6 is 0 Å². The summed E-state index contributed by atoms with van der Waals surface area (Å²) in [5, 5.41) is 13.1. The number of carbonyl (C=O) groups is 1. The molecule has 0 saturated carbocycles. The van der Waals surface area contributed by atoms with Crippen molar-refractivity contribution in [2.45, 2.75) is 0 Å². The summed E-state index contributed by atoms with van der Waals surface area (Å²) in [6.45, 7) is 0. The maximum absolute atomic E-state index is 11.4. The molecular formula is C17H14N2O3. The van der Waals surface area contributed by atoms with Crippen molar-refractivity contribution >= 4 is 28.4 Å². The standard InChI is InChI=1S/C17H14N2O3/c1-22-12-8-6-11(7-9-12)18-16-10-14(17(20)21)13-4-2-3-5-15(13)19-16/h2-10H,1H3,(H,18,19)(H,20,21). The largest absolute Gasteiger partial charge is 0.497 e. The Bertz CT molecular complexity index is 829. The maximum Gasteiger partial charge on any atom is 0.336 e. The van der Waals surface area contributed by atoms with Gasteiger partial charge in [0.15, 0.2) is 0 Å². The van der Waals surface area contributed by atoms with Crippen molar-refractivity contribution in [2.75, 3.05) is 12.4 Å². The van der Waals surface area contributed by atoms with E-state index >= 15 is 0 Å². The van der Waals surface area contributed by atoms with Crippen molar-refractivity contribution in [3.8, 4) is 5.75 Å². The molecule has 2 N–H and O–H groups in total. The zero-order valence-electron chi connectivity index (χ0n) is 11.9. The molecule has 2 aromatic carbocycles. The van der Waals surface area contributed by atoms with E-state index in [0.29, 0.717) is 16.7 Å². The van der Waals surface area contributed by atoms with Crippen molar-refractivity contribution in [2.24, 2.45) is 0 Å². The SMILES string of the molecule is COc1ccc(Nc2cc(C(=O)O)c3ccccc3n2)cc1. The zero-order chi connectivity index (χ0) is 15.5. The molecule has 22 heavy (non-hydrogen) atoms. The molecule has 110 valence electrons. The molecule has 0 unspecified atom stereocenters. The Hall–Kier alpha value is -3.08. The van der Waals surface area contributed by atoms with Crippen molar-refractivity contribution in [3.63, 3.8) is 0 Å². The molecule has 1 heterocycles. The predicted molar refractivity (Wildman–Crippen MR) is 85.0 cm³/mol. The Kier molecular flexibility index (Phi) is 3.62. The van der Waals surface area contributed by atoms with Crippen LogP contribution in [0.15, 0.2) is 54.6 Å². The summed E-state index contributed by atoms with van der Waals surface area (Å²) in [6.07, 6.45) is 0. The van der Waals surface area contributed by atoms with Crippen LogP contribution in [0.1, 0.15) is 10.4 Å². The second-order valence-corrected chi connectivity index (χ2v) is 4.73. The number of anilines is 2. The van der Waals surface area contributed by atoms with Crippen LogP contribution in [0.3, 0.4) is 0 Å². The molecule has 0 bridgehead atoms. The van der Waals surface area contributed by atoms with Crippen LogP contribution in [0.2, 0.25) is 0 Å². The molecule has 0 aliphatic heterocycles. The van der Waals surface area contributed by atoms with E-state index in [9.17, 15) is 9.90 Å². The minimum Gasteiger partial charge on any atom is -0.497 e. The van der Waals surface area contributed by atoms with Crippen LogP contribution in [-0.4, -0.2) is 23.2 Å². The number of para-hydroxylation sites is 1. The van der Waals surface area contributed by atoms with Gasteiger partial charge in [-0.15, -0.1) is 0 Å². The van der Waals surface area contributed by atoms with Gasteiger partial charge in [-0.2, -0.15) is 0 Å². The van der Waals surface area contributed by atoms with Crippen LogP contribution < -0.4 is 10.1 Å². The first-order valence-corrected chi connectivity index (χ1v) is 6.71. The molecule has 5 nitrogen and oxygen atoms in total. The van der Waals surface area contributed by atoms with E-state index in [1.54, 1.807) is 25.3 Å². The summed E-state index contributed by atoms with van der Waals surface area (Å²) in [7, 11) is 1.60. The second kappa shape index (κ2) is 5.73. The normalized spacial score (nSPS) is 10.4. The van der Waals surface area contributed by atoms with Crippen LogP contribution in [0.4, 0.5) is 11.5 Å². The van der Waals surface area contributed by atoms with E-state index in [2.05, 4.69) is 10.3 Å². The van der Waals surface area contributed by atoms with E-state index in [-0.39, 0.29) is 5.56 Å². The molecular weight excluding hydrogens is 280 g/mol. The van der Waals surface area contributed by atoms with Gasteiger partial charge in [0.05, 0.1) is 18.2 Å². The van der Waals surface area contributed by atoms with Gasteiger partial charge < -0.3 is 15.2 Å².